The average Bonchev–Trinajstić information content (AvgIpc) is 3.34. The number of rotatable bonds is 9. The van der Waals surface area contributed by atoms with Crippen LogP contribution in [-0.2, 0) is 4.79 Å². The number of nitrogens with zero attached hydrogens (tertiary/aromatic N) is 2. The van der Waals surface area contributed by atoms with E-state index >= 15 is 0 Å². The predicted octanol–water partition coefficient (Wildman–Crippen LogP) is 4.71. The van der Waals surface area contributed by atoms with Crippen molar-refractivity contribution in [2.24, 2.45) is 0 Å². The van der Waals surface area contributed by atoms with E-state index in [1.807, 2.05) is 55.6 Å². The summed E-state index contributed by atoms with van der Waals surface area (Å²) in [6, 6.07) is 11.7. The molecule has 0 saturated carbocycles. The van der Waals surface area contributed by atoms with Crippen LogP contribution in [0.4, 0.5) is 10.8 Å². The number of nitrogens with one attached hydrogen (secondary N) is 2. The lowest BCUT2D eigenvalue weighted by Gasteiger charge is -2.11. The Balaban J connectivity index is 1.51. The molecule has 6 nitrogen and oxygen atoms in total. The van der Waals surface area contributed by atoms with E-state index in [1.54, 1.807) is 11.3 Å². The van der Waals surface area contributed by atoms with E-state index in [2.05, 4.69) is 20.8 Å². The molecule has 9 heteroatoms. The van der Waals surface area contributed by atoms with Crippen molar-refractivity contribution >= 4 is 51.2 Å². The summed E-state index contributed by atoms with van der Waals surface area (Å²) in [5.74, 6) is 1.05. The molecule has 142 valence electrons. The lowest BCUT2D eigenvalue weighted by atomic mass is 10.3. The molecule has 1 amide bonds. The minimum Gasteiger partial charge on any atom is -0.492 e. The number of ether oxygens (including phenoxy) is 1. The quantitative estimate of drug-likeness (QED) is 0.488. The molecule has 0 aliphatic carbocycles. The molecule has 3 rings (SSSR count). The van der Waals surface area contributed by atoms with Gasteiger partial charge in [-0.2, -0.15) is 0 Å². The molecule has 0 saturated heterocycles. The fraction of sp³-hybridized carbons (Fsp3) is 0.278. The number of anilines is 2. The first-order valence-corrected chi connectivity index (χ1v) is 11.1. The van der Waals surface area contributed by atoms with Gasteiger partial charge in [0.15, 0.2) is 4.34 Å². The molecule has 3 aromatic rings. The minimum atomic E-state index is -0.0210. The molecule has 0 spiro atoms. The topological polar surface area (TPSA) is 76.1 Å². The van der Waals surface area contributed by atoms with Gasteiger partial charge in [-0.1, -0.05) is 41.3 Å². The van der Waals surface area contributed by atoms with E-state index in [0.717, 1.165) is 20.7 Å². The average molecular weight is 421 g/mol. The van der Waals surface area contributed by atoms with Crippen LogP contribution in [-0.4, -0.2) is 28.5 Å². The van der Waals surface area contributed by atoms with Gasteiger partial charge < -0.3 is 15.4 Å². The van der Waals surface area contributed by atoms with Gasteiger partial charge in [0, 0.05) is 4.88 Å². The van der Waals surface area contributed by atoms with Crippen LogP contribution in [0.15, 0.2) is 46.1 Å². The van der Waals surface area contributed by atoms with Crippen molar-refractivity contribution in [3.63, 3.8) is 0 Å². The first kappa shape index (κ1) is 19.7. The highest BCUT2D eigenvalue weighted by Gasteiger charge is 2.13. The predicted molar refractivity (Wildman–Crippen MR) is 112 cm³/mol. The van der Waals surface area contributed by atoms with Crippen molar-refractivity contribution < 1.29 is 9.53 Å². The van der Waals surface area contributed by atoms with Crippen molar-refractivity contribution in [3.8, 4) is 5.75 Å². The second kappa shape index (κ2) is 9.72. The summed E-state index contributed by atoms with van der Waals surface area (Å²) < 4.78 is 6.34. The summed E-state index contributed by atoms with van der Waals surface area (Å²) in [6.45, 7) is 4.52. The number of thiophene rings is 1. The summed E-state index contributed by atoms with van der Waals surface area (Å²) in [5.41, 5.74) is 0.842. The first-order valence-electron chi connectivity index (χ1n) is 8.43. The van der Waals surface area contributed by atoms with Gasteiger partial charge in [0.2, 0.25) is 11.0 Å². The summed E-state index contributed by atoms with van der Waals surface area (Å²) >= 11 is 4.42. The molecule has 1 atom stereocenters. The Bertz CT molecular complexity index is 867. The number of aromatic nitrogens is 2. The minimum absolute atomic E-state index is 0.0137. The number of thioether (sulfide) groups is 1. The lowest BCUT2D eigenvalue weighted by Crippen LogP contribution is -2.27. The van der Waals surface area contributed by atoms with Gasteiger partial charge >= 0.3 is 0 Å². The van der Waals surface area contributed by atoms with E-state index in [-0.39, 0.29) is 11.9 Å². The van der Waals surface area contributed by atoms with Crippen LogP contribution in [0, 0.1) is 0 Å². The molecule has 1 unspecified atom stereocenters. The maximum atomic E-state index is 12.1. The molecule has 2 N–H and O–H groups in total. The van der Waals surface area contributed by atoms with Gasteiger partial charge in [0.05, 0.1) is 24.1 Å². The van der Waals surface area contributed by atoms with Crippen LogP contribution in [0.3, 0.4) is 0 Å². The Kier molecular flexibility index (Phi) is 7.08. The zero-order valence-corrected chi connectivity index (χ0v) is 17.4. The zero-order chi connectivity index (χ0) is 19.1. The molecular weight excluding hydrogens is 400 g/mol. The summed E-state index contributed by atoms with van der Waals surface area (Å²) in [5, 5.41) is 17.2. The Morgan fingerprint density at radius 1 is 1.26 bits per heavy atom. The second-order valence-corrected chi connectivity index (χ2v) is 8.70. The molecule has 0 bridgehead atoms. The highest BCUT2D eigenvalue weighted by molar-refractivity contribution is 8.01. The van der Waals surface area contributed by atoms with Gasteiger partial charge in [0.25, 0.3) is 0 Å². The maximum absolute atomic E-state index is 12.1. The number of hydrogen-bond donors (Lipinski definition) is 2. The number of carbonyl (C=O) groups is 1. The van der Waals surface area contributed by atoms with E-state index < -0.39 is 0 Å². The summed E-state index contributed by atoms with van der Waals surface area (Å²) in [7, 11) is 0. The number of hydrogen-bond acceptors (Lipinski definition) is 8. The van der Waals surface area contributed by atoms with Gasteiger partial charge in [-0.05, 0) is 37.4 Å². The third-order valence-corrected chi connectivity index (χ3v) is 6.54. The molecular formula is C18H20N4O2S3. The summed E-state index contributed by atoms with van der Waals surface area (Å²) in [6.07, 6.45) is 0. The lowest BCUT2D eigenvalue weighted by molar-refractivity contribution is -0.119. The molecule has 2 aromatic heterocycles. The first-order chi connectivity index (χ1) is 13.2. The fourth-order valence-corrected chi connectivity index (χ4v) is 4.61. The number of carbonyl (C=O) groups excluding carboxylic acids is 1. The molecule has 2 heterocycles. The van der Waals surface area contributed by atoms with Gasteiger partial charge in [-0.15, -0.1) is 21.5 Å². The molecule has 0 radical (unpaired) electrons. The molecule has 0 aliphatic heterocycles. The Morgan fingerprint density at radius 2 is 2.11 bits per heavy atom. The normalized spacial score (nSPS) is 11.8. The third kappa shape index (κ3) is 5.69. The van der Waals surface area contributed by atoms with Crippen molar-refractivity contribution in [2.45, 2.75) is 24.2 Å². The van der Waals surface area contributed by atoms with Gasteiger partial charge in [0.1, 0.15) is 5.75 Å². The smallest absolute Gasteiger partial charge is 0.230 e. The van der Waals surface area contributed by atoms with Crippen LogP contribution in [0.2, 0.25) is 0 Å². The van der Waals surface area contributed by atoms with Crippen LogP contribution >= 0.6 is 34.4 Å². The van der Waals surface area contributed by atoms with Gasteiger partial charge in [-0.3, -0.25) is 4.79 Å². The maximum Gasteiger partial charge on any atom is 0.230 e. The van der Waals surface area contributed by atoms with E-state index in [9.17, 15) is 4.79 Å². The van der Waals surface area contributed by atoms with Crippen molar-refractivity contribution in [1.29, 1.82) is 0 Å². The molecule has 0 aliphatic rings. The van der Waals surface area contributed by atoms with Crippen molar-refractivity contribution in [1.82, 2.24) is 15.5 Å². The number of benzene rings is 1. The van der Waals surface area contributed by atoms with E-state index in [4.69, 9.17) is 4.74 Å². The highest BCUT2D eigenvalue weighted by atomic mass is 32.2. The van der Waals surface area contributed by atoms with Gasteiger partial charge in [-0.25, -0.2) is 0 Å². The van der Waals surface area contributed by atoms with E-state index in [0.29, 0.717) is 17.5 Å². The van der Waals surface area contributed by atoms with Crippen molar-refractivity contribution in [3.05, 3.63) is 46.7 Å². The van der Waals surface area contributed by atoms with E-state index in [1.165, 1.54) is 23.1 Å². The largest absolute Gasteiger partial charge is 0.492 e. The fourth-order valence-electron chi connectivity index (χ4n) is 2.30. The monoisotopic (exact) mass is 420 g/mol. The number of para-hydroxylation sites is 2. The molecule has 27 heavy (non-hydrogen) atoms. The van der Waals surface area contributed by atoms with Crippen LogP contribution < -0.4 is 15.4 Å². The van der Waals surface area contributed by atoms with Crippen LogP contribution in [0.25, 0.3) is 0 Å². The Labute approximate surface area is 170 Å². The molecule has 1 aromatic carbocycles. The highest BCUT2D eigenvalue weighted by Crippen LogP contribution is 2.31. The number of amides is 1. The Hall–Kier alpha value is -2.10. The standard InChI is InChI=1S/C18H20N4O2S3/c1-3-24-14-8-5-4-7-13(14)20-17-21-22-18(27-17)26-11-16(23)19-12(2)15-9-6-10-25-15/h4-10,12H,3,11H2,1-2H3,(H,19,23)(H,20,21). The zero-order valence-electron chi connectivity index (χ0n) is 15.0. The van der Waals surface area contributed by atoms with Crippen LogP contribution in [0.1, 0.15) is 24.8 Å². The second-order valence-electron chi connectivity index (χ2n) is 5.52. The van der Waals surface area contributed by atoms with Crippen LogP contribution in [0.5, 0.6) is 5.75 Å². The Morgan fingerprint density at radius 3 is 2.89 bits per heavy atom. The summed E-state index contributed by atoms with van der Waals surface area (Å²) in [4.78, 5) is 13.3. The molecule has 0 fully saturated rings. The SMILES string of the molecule is CCOc1ccccc1Nc1nnc(SCC(=O)NC(C)c2cccs2)s1. The third-order valence-electron chi connectivity index (χ3n) is 3.51. The van der Waals surface area contributed by atoms with Crippen molar-refractivity contribution in [2.75, 3.05) is 17.7 Å².